The zero-order valence-corrected chi connectivity index (χ0v) is 11.7. The highest BCUT2D eigenvalue weighted by Gasteiger charge is 2.36. The second kappa shape index (κ2) is 4.90. The normalized spacial score (nSPS) is 18.1. The van der Waals surface area contributed by atoms with Gasteiger partial charge in [-0.1, -0.05) is 12.1 Å². The molecule has 5 heteroatoms. The Morgan fingerprint density at radius 2 is 1.94 bits per heavy atom. The second-order valence-corrected chi connectivity index (χ2v) is 6.70. The van der Waals surface area contributed by atoms with Crippen LogP contribution in [0.15, 0.2) is 29.2 Å². The van der Waals surface area contributed by atoms with Crippen LogP contribution in [-0.4, -0.2) is 20.5 Å². The van der Waals surface area contributed by atoms with Crippen molar-refractivity contribution in [2.75, 3.05) is 11.9 Å². The number of sulfonamides is 1. The topological polar surface area (TPSA) is 58.2 Å². The highest BCUT2D eigenvalue weighted by atomic mass is 32.2. The van der Waals surface area contributed by atoms with E-state index in [0.29, 0.717) is 17.1 Å². The Bertz CT molecular complexity index is 522. The molecule has 1 aromatic rings. The van der Waals surface area contributed by atoms with Crippen molar-refractivity contribution in [2.45, 2.75) is 43.5 Å². The van der Waals surface area contributed by atoms with Crippen molar-refractivity contribution >= 4 is 15.7 Å². The summed E-state index contributed by atoms with van der Waals surface area (Å²) in [5.74, 6) is 0. The summed E-state index contributed by atoms with van der Waals surface area (Å²) in [5.41, 5.74) is 0.397. The molecular formula is C13H20N2O2S. The van der Waals surface area contributed by atoms with Gasteiger partial charge in [0.1, 0.15) is 4.90 Å². The molecule has 18 heavy (non-hydrogen) atoms. The largest absolute Gasteiger partial charge is 0.384 e. The zero-order valence-electron chi connectivity index (χ0n) is 10.9. The summed E-state index contributed by atoms with van der Waals surface area (Å²) in [4.78, 5) is 0.333. The van der Waals surface area contributed by atoms with E-state index in [0.717, 1.165) is 19.3 Å². The molecule has 2 N–H and O–H groups in total. The number of hydrogen-bond donors (Lipinski definition) is 2. The van der Waals surface area contributed by atoms with E-state index in [4.69, 9.17) is 0 Å². The Labute approximate surface area is 109 Å². The Hall–Kier alpha value is -1.07. The first kappa shape index (κ1) is 13.4. The molecule has 1 aliphatic rings. The average molecular weight is 268 g/mol. The van der Waals surface area contributed by atoms with Crippen LogP contribution in [0.5, 0.6) is 0 Å². The first-order valence-electron chi connectivity index (χ1n) is 6.34. The molecule has 0 spiro atoms. The second-order valence-electron chi connectivity index (χ2n) is 5.05. The molecule has 0 aromatic heterocycles. The maximum absolute atomic E-state index is 12.4. The lowest BCUT2D eigenvalue weighted by Crippen LogP contribution is -2.50. The SMILES string of the molecule is CCNc1ccccc1S(=O)(=O)NC1(C)CCC1. The van der Waals surface area contributed by atoms with Crippen molar-refractivity contribution in [3.63, 3.8) is 0 Å². The Morgan fingerprint density at radius 3 is 2.50 bits per heavy atom. The van der Waals surface area contributed by atoms with Crippen molar-refractivity contribution in [3.8, 4) is 0 Å². The van der Waals surface area contributed by atoms with Gasteiger partial charge in [-0.2, -0.15) is 0 Å². The highest BCUT2D eigenvalue weighted by Crippen LogP contribution is 2.33. The van der Waals surface area contributed by atoms with Crippen LogP contribution in [0.3, 0.4) is 0 Å². The van der Waals surface area contributed by atoms with Gasteiger partial charge < -0.3 is 5.32 Å². The van der Waals surface area contributed by atoms with E-state index in [1.165, 1.54) is 0 Å². The number of hydrogen-bond acceptors (Lipinski definition) is 3. The van der Waals surface area contributed by atoms with Gasteiger partial charge in [0.05, 0.1) is 5.69 Å². The molecule has 0 unspecified atom stereocenters. The molecule has 0 bridgehead atoms. The molecule has 0 aliphatic heterocycles. The smallest absolute Gasteiger partial charge is 0.243 e. The van der Waals surface area contributed by atoms with Crippen molar-refractivity contribution in [1.82, 2.24) is 4.72 Å². The lowest BCUT2D eigenvalue weighted by molar-refractivity contribution is 0.248. The predicted molar refractivity (Wildman–Crippen MR) is 73.2 cm³/mol. The van der Waals surface area contributed by atoms with Gasteiger partial charge in [0.2, 0.25) is 10.0 Å². The number of anilines is 1. The molecule has 0 amide bonds. The van der Waals surface area contributed by atoms with Gasteiger partial charge in [-0.05, 0) is 45.2 Å². The first-order chi connectivity index (χ1) is 8.47. The molecule has 1 aromatic carbocycles. The van der Waals surface area contributed by atoms with Gasteiger partial charge in [-0.3, -0.25) is 0 Å². The monoisotopic (exact) mass is 268 g/mol. The minimum atomic E-state index is -3.44. The third-order valence-electron chi connectivity index (χ3n) is 3.38. The van der Waals surface area contributed by atoms with Gasteiger partial charge >= 0.3 is 0 Å². The molecule has 1 aliphatic carbocycles. The molecule has 0 atom stereocenters. The van der Waals surface area contributed by atoms with Gasteiger partial charge in [0.25, 0.3) is 0 Å². The lowest BCUT2D eigenvalue weighted by atomic mass is 9.80. The molecule has 4 nitrogen and oxygen atoms in total. The van der Waals surface area contributed by atoms with Crippen molar-refractivity contribution < 1.29 is 8.42 Å². The van der Waals surface area contributed by atoms with E-state index in [2.05, 4.69) is 10.0 Å². The van der Waals surface area contributed by atoms with Crippen LogP contribution in [0.1, 0.15) is 33.1 Å². The fraction of sp³-hybridized carbons (Fsp3) is 0.538. The van der Waals surface area contributed by atoms with Gasteiger partial charge in [-0.15, -0.1) is 0 Å². The molecule has 1 fully saturated rings. The number of nitrogens with one attached hydrogen (secondary N) is 2. The molecule has 0 saturated heterocycles. The summed E-state index contributed by atoms with van der Waals surface area (Å²) in [5, 5.41) is 3.08. The summed E-state index contributed by atoms with van der Waals surface area (Å²) in [6.07, 6.45) is 2.92. The zero-order chi connectivity index (χ0) is 13.2. The fourth-order valence-corrected chi connectivity index (χ4v) is 3.88. The molecule has 2 rings (SSSR count). The predicted octanol–water partition coefficient (Wildman–Crippen LogP) is 2.34. The Morgan fingerprint density at radius 1 is 1.28 bits per heavy atom. The Balaban J connectivity index is 2.29. The average Bonchev–Trinajstić information content (AvgIpc) is 2.27. The van der Waals surface area contributed by atoms with E-state index in [1.807, 2.05) is 19.9 Å². The first-order valence-corrected chi connectivity index (χ1v) is 7.82. The molecular weight excluding hydrogens is 248 g/mol. The van der Waals surface area contributed by atoms with Crippen LogP contribution in [0.25, 0.3) is 0 Å². The van der Waals surface area contributed by atoms with Crippen LogP contribution in [-0.2, 0) is 10.0 Å². The van der Waals surface area contributed by atoms with E-state index < -0.39 is 10.0 Å². The number of benzene rings is 1. The van der Waals surface area contributed by atoms with Gasteiger partial charge in [0, 0.05) is 12.1 Å². The van der Waals surface area contributed by atoms with E-state index >= 15 is 0 Å². The van der Waals surface area contributed by atoms with Crippen LogP contribution >= 0.6 is 0 Å². The van der Waals surface area contributed by atoms with Crippen molar-refractivity contribution in [1.29, 1.82) is 0 Å². The lowest BCUT2D eigenvalue weighted by Gasteiger charge is -2.38. The summed E-state index contributed by atoms with van der Waals surface area (Å²) < 4.78 is 27.6. The van der Waals surface area contributed by atoms with E-state index in [1.54, 1.807) is 18.2 Å². The minimum Gasteiger partial charge on any atom is -0.384 e. The molecule has 0 heterocycles. The van der Waals surface area contributed by atoms with Crippen molar-refractivity contribution in [3.05, 3.63) is 24.3 Å². The number of rotatable bonds is 5. The van der Waals surface area contributed by atoms with E-state index in [9.17, 15) is 8.42 Å². The minimum absolute atomic E-state index is 0.266. The van der Waals surface area contributed by atoms with Crippen LogP contribution in [0.4, 0.5) is 5.69 Å². The highest BCUT2D eigenvalue weighted by molar-refractivity contribution is 7.89. The maximum atomic E-state index is 12.4. The summed E-state index contributed by atoms with van der Waals surface area (Å²) in [6, 6.07) is 7.02. The third kappa shape index (κ3) is 2.67. The maximum Gasteiger partial charge on any atom is 0.243 e. The molecule has 1 saturated carbocycles. The fourth-order valence-electron chi connectivity index (χ4n) is 2.23. The molecule has 100 valence electrons. The van der Waals surface area contributed by atoms with Crippen LogP contribution in [0.2, 0.25) is 0 Å². The standard InChI is InChI=1S/C13H20N2O2S/c1-3-14-11-7-4-5-8-12(11)18(16,17)15-13(2)9-6-10-13/h4-5,7-8,14-15H,3,6,9-10H2,1-2H3. The third-order valence-corrected chi connectivity index (χ3v) is 5.08. The number of para-hydroxylation sites is 1. The Kier molecular flexibility index (Phi) is 3.64. The van der Waals surface area contributed by atoms with Crippen molar-refractivity contribution in [2.24, 2.45) is 0 Å². The van der Waals surface area contributed by atoms with Gasteiger partial charge in [0.15, 0.2) is 0 Å². The molecule has 0 radical (unpaired) electrons. The van der Waals surface area contributed by atoms with Crippen LogP contribution in [0, 0.1) is 0 Å². The van der Waals surface area contributed by atoms with E-state index in [-0.39, 0.29) is 5.54 Å². The van der Waals surface area contributed by atoms with Gasteiger partial charge in [-0.25, -0.2) is 13.1 Å². The summed E-state index contributed by atoms with van der Waals surface area (Å²) in [7, 11) is -3.44. The summed E-state index contributed by atoms with van der Waals surface area (Å²) in [6.45, 7) is 4.61. The van der Waals surface area contributed by atoms with Crippen LogP contribution < -0.4 is 10.0 Å². The summed E-state index contributed by atoms with van der Waals surface area (Å²) >= 11 is 0. The quantitative estimate of drug-likeness (QED) is 0.861.